The van der Waals surface area contributed by atoms with Crippen molar-refractivity contribution in [2.45, 2.75) is 6.92 Å². The Morgan fingerprint density at radius 2 is 1.77 bits per heavy atom. The van der Waals surface area contributed by atoms with E-state index in [1.165, 1.54) is 33.5 Å². The Kier molecular flexibility index (Phi) is 7.28. The molecule has 0 aliphatic heterocycles. The molecule has 0 aliphatic rings. The average molecular weight is 436 g/mol. The van der Waals surface area contributed by atoms with Crippen molar-refractivity contribution in [1.29, 1.82) is 0 Å². The van der Waals surface area contributed by atoms with Gasteiger partial charge in [-0.3, -0.25) is 9.10 Å². The van der Waals surface area contributed by atoms with Gasteiger partial charge in [-0.2, -0.15) is 0 Å². The Labute approximate surface area is 175 Å². The summed E-state index contributed by atoms with van der Waals surface area (Å²) in [5.41, 5.74) is 1.37. The molecule has 30 heavy (non-hydrogen) atoms. The molecule has 2 rings (SSSR count). The number of carbonyl (C=O) groups excluding carboxylic acids is 2. The SMILES string of the molecule is COC(=O)c1cccc(NC(=O)CN(c2ccc(OC)cc2OC)S(C)(=O)=O)c1C. The van der Waals surface area contributed by atoms with Crippen LogP contribution >= 0.6 is 0 Å². The van der Waals surface area contributed by atoms with Gasteiger partial charge in [-0.1, -0.05) is 6.07 Å². The third-order valence-corrected chi connectivity index (χ3v) is 5.48. The summed E-state index contributed by atoms with van der Waals surface area (Å²) in [4.78, 5) is 24.5. The van der Waals surface area contributed by atoms with E-state index in [0.717, 1.165) is 10.6 Å². The molecule has 0 unspecified atom stereocenters. The van der Waals surface area contributed by atoms with Crippen molar-refractivity contribution in [2.75, 3.05) is 43.8 Å². The number of sulfonamides is 1. The predicted molar refractivity (Wildman–Crippen MR) is 113 cm³/mol. The number of nitrogens with one attached hydrogen (secondary N) is 1. The van der Waals surface area contributed by atoms with E-state index in [-0.39, 0.29) is 11.4 Å². The summed E-state index contributed by atoms with van der Waals surface area (Å²) in [6.45, 7) is 1.16. The molecule has 162 valence electrons. The van der Waals surface area contributed by atoms with Gasteiger partial charge in [0.15, 0.2) is 0 Å². The van der Waals surface area contributed by atoms with E-state index >= 15 is 0 Å². The van der Waals surface area contributed by atoms with E-state index < -0.39 is 28.4 Å². The number of ether oxygens (including phenoxy) is 3. The maximum atomic E-state index is 12.7. The zero-order valence-electron chi connectivity index (χ0n) is 17.4. The smallest absolute Gasteiger partial charge is 0.338 e. The Bertz CT molecular complexity index is 1050. The second kappa shape index (κ2) is 9.49. The Balaban J connectivity index is 2.34. The largest absolute Gasteiger partial charge is 0.497 e. The molecular formula is C20H24N2O7S. The lowest BCUT2D eigenvalue weighted by Crippen LogP contribution is -2.37. The zero-order valence-corrected chi connectivity index (χ0v) is 18.2. The topological polar surface area (TPSA) is 111 Å². The van der Waals surface area contributed by atoms with Crippen LogP contribution in [-0.2, 0) is 19.6 Å². The van der Waals surface area contributed by atoms with Crippen LogP contribution in [0, 0.1) is 6.92 Å². The van der Waals surface area contributed by atoms with Gasteiger partial charge in [-0.05, 0) is 36.8 Å². The first kappa shape index (κ1) is 23.0. The fourth-order valence-corrected chi connectivity index (χ4v) is 3.65. The Morgan fingerprint density at radius 3 is 2.33 bits per heavy atom. The highest BCUT2D eigenvalue weighted by molar-refractivity contribution is 7.92. The third-order valence-electron chi connectivity index (χ3n) is 4.36. The number of hydrogen-bond acceptors (Lipinski definition) is 7. The number of methoxy groups -OCH3 is 3. The van der Waals surface area contributed by atoms with Crippen molar-refractivity contribution < 1.29 is 32.2 Å². The van der Waals surface area contributed by atoms with Gasteiger partial charge in [0, 0.05) is 11.8 Å². The summed E-state index contributed by atoms with van der Waals surface area (Å²) >= 11 is 0. The number of hydrogen-bond donors (Lipinski definition) is 1. The Hall–Kier alpha value is -3.27. The van der Waals surface area contributed by atoms with Gasteiger partial charge in [-0.15, -0.1) is 0 Å². The number of nitrogens with zero attached hydrogens (tertiary/aromatic N) is 1. The van der Waals surface area contributed by atoms with Crippen LogP contribution in [0.5, 0.6) is 11.5 Å². The van der Waals surface area contributed by atoms with Crippen molar-refractivity contribution in [2.24, 2.45) is 0 Å². The van der Waals surface area contributed by atoms with Crippen LogP contribution in [-0.4, -0.2) is 54.4 Å². The van der Waals surface area contributed by atoms with Crippen molar-refractivity contribution in [3.8, 4) is 11.5 Å². The van der Waals surface area contributed by atoms with Gasteiger partial charge >= 0.3 is 5.97 Å². The molecule has 2 aromatic rings. The van der Waals surface area contributed by atoms with Crippen LogP contribution < -0.4 is 19.1 Å². The van der Waals surface area contributed by atoms with Crippen LogP contribution in [0.15, 0.2) is 36.4 Å². The standard InChI is InChI=1S/C20H24N2O7S/c1-13-15(20(24)29-4)7-6-8-16(13)21-19(23)12-22(30(5,25)26)17-10-9-14(27-2)11-18(17)28-3/h6-11H,12H2,1-5H3,(H,21,23). The number of amides is 1. The highest BCUT2D eigenvalue weighted by Crippen LogP contribution is 2.33. The molecule has 0 heterocycles. The quantitative estimate of drug-likeness (QED) is 0.632. The van der Waals surface area contributed by atoms with E-state index in [4.69, 9.17) is 14.2 Å². The molecule has 0 bridgehead atoms. The van der Waals surface area contributed by atoms with Crippen LogP contribution in [0.3, 0.4) is 0 Å². The highest BCUT2D eigenvalue weighted by atomic mass is 32.2. The molecule has 0 fully saturated rings. The van der Waals surface area contributed by atoms with Gasteiger partial charge in [0.05, 0.1) is 38.8 Å². The van der Waals surface area contributed by atoms with Gasteiger partial charge in [0.25, 0.3) is 0 Å². The maximum Gasteiger partial charge on any atom is 0.338 e. The summed E-state index contributed by atoms with van der Waals surface area (Å²) in [7, 11) is 0.310. The lowest BCUT2D eigenvalue weighted by Gasteiger charge is -2.24. The average Bonchev–Trinajstić information content (AvgIpc) is 2.71. The lowest BCUT2D eigenvalue weighted by molar-refractivity contribution is -0.114. The first-order valence-electron chi connectivity index (χ1n) is 8.79. The fraction of sp³-hybridized carbons (Fsp3) is 0.300. The minimum atomic E-state index is -3.82. The van der Waals surface area contributed by atoms with Crippen molar-refractivity contribution >= 4 is 33.3 Å². The van der Waals surface area contributed by atoms with Gasteiger partial charge < -0.3 is 19.5 Å². The van der Waals surface area contributed by atoms with Gasteiger partial charge in [0.1, 0.15) is 18.0 Å². The summed E-state index contributed by atoms with van der Waals surface area (Å²) in [6, 6.07) is 9.36. The van der Waals surface area contributed by atoms with Crippen molar-refractivity contribution in [3.63, 3.8) is 0 Å². The molecule has 0 saturated heterocycles. The number of carbonyl (C=O) groups is 2. The van der Waals surface area contributed by atoms with E-state index in [2.05, 4.69) is 5.32 Å². The zero-order chi connectivity index (χ0) is 22.5. The molecule has 1 amide bonds. The molecule has 1 N–H and O–H groups in total. The van der Waals surface area contributed by atoms with Crippen molar-refractivity contribution in [3.05, 3.63) is 47.5 Å². The Morgan fingerprint density at radius 1 is 1.07 bits per heavy atom. The molecule has 9 nitrogen and oxygen atoms in total. The maximum absolute atomic E-state index is 12.7. The van der Waals surface area contributed by atoms with Gasteiger partial charge in [-0.25, -0.2) is 13.2 Å². The van der Waals surface area contributed by atoms with Crippen LogP contribution in [0.1, 0.15) is 15.9 Å². The molecule has 0 aromatic heterocycles. The van der Waals surface area contributed by atoms with Crippen LogP contribution in [0.4, 0.5) is 11.4 Å². The lowest BCUT2D eigenvalue weighted by atomic mass is 10.1. The number of esters is 1. The first-order valence-corrected chi connectivity index (χ1v) is 10.6. The second-order valence-electron chi connectivity index (χ2n) is 6.33. The molecule has 0 aliphatic carbocycles. The van der Waals surface area contributed by atoms with E-state index in [9.17, 15) is 18.0 Å². The minimum absolute atomic E-state index is 0.191. The molecule has 0 atom stereocenters. The minimum Gasteiger partial charge on any atom is -0.497 e. The molecule has 10 heteroatoms. The summed E-state index contributed by atoms with van der Waals surface area (Å²) in [6.07, 6.45) is 0.993. The third kappa shape index (κ3) is 5.20. The van der Waals surface area contributed by atoms with E-state index in [0.29, 0.717) is 22.6 Å². The van der Waals surface area contributed by atoms with E-state index in [1.807, 2.05) is 0 Å². The first-order chi connectivity index (χ1) is 14.1. The molecular weight excluding hydrogens is 412 g/mol. The molecule has 0 saturated carbocycles. The number of benzene rings is 2. The summed E-state index contributed by atoms with van der Waals surface area (Å²) < 4.78 is 40.8. The molecule has 2 aromatic carbocycles. The van der Waals surface area contributed by atoms with Crippen molar-refractivity contribution in [1.82, 2.24) is 0 Å². The fourth-order valence-electron chi connectivity index (χ4n) is 2.79. The van der Waals surface area contributed by atoms with Gasteiger partial charge in [0.2, 0.25) is 15.9 Å². The monoisotopic (exact) mass is 436 g/mol. The summed E-state index contributed by atoms with van der Waals surface area (Å²) in [5, 5.41) is 2.64. The number of rotatable bonds is 8. The predicted octanol–water partition coefficient (Wildman–Crippen LogP) is 2.20. The van der Waals surface area contributed by atoms with E-state index in [1.54, 1.807) is 31.2 Å². The highest BCUT2D eigenvalue weighted by Gasteiger charge is 2.25. The van der Waals surface area contributed by atoms with Crippen LogP contribution in [0.25, 0.3) is 0 Å². The molecule has 0 spiro atoms. The summed E-state index contributed by atoms with van der Waals surface area (Å²) in [5.74, 6) is -0.423. The second-order valence-corrected chi connectivity index (χ2v) is 8.23. The van der Waals surface area contributed by atoms with Crippen LogP contribution in [0.2, 0.25) is 0 Å². The number of anilines is 2. The normalized spacial score (nSPS) is 10.8. The molecule has 0 radical (unpaired) electrons.